The van der Waals surface area contributed by atoms with Crippen molar-refractivity contribution in [3.05, 3.63) is 61.7 Å². The lowest BCUT2D eigenvalue weighted by Crippen LogP contribution is -3.61. The summed E-state index contributed by atoms with van der Waals surface area (Å²) in [5.74, 6) is 0.799. The van der Waals surface area contributed by atoms with Crippen LogP contribution in [0.15, 0.2) is 54.6 Å². The van der Waals surface area contributed by atoms with Gasteiger partial charge in [-0.3, -0.25) is 0 Å². The van der Waals surface area contributed by atoms with Crippen molar-refractivity contribution in [3.8, 4) is 12.0 Å². The van der Waals surface area contributed by atoms with E-state index in [0.29, 0.717) is 13.2 Å². The minimum absolute atomic E-state index is 0.0323. The van der Waals surface area contributed by atoms with Crippen molar-refractivity contribution in [2.24, 2.45) is 10.8 Å². The molecule has 2 aromatic carbocycles. The van der Waals surface area contributed by atoms with Crippen LogP contribution in [-0.4, -0.2) is 31.5 Å². The van der Waals surface area contributed by atoms with E-state index in [-0.39, 0.29) is 44.2 Å². The summed E-state index contributed by atoms with van der Waals surface area (Å²) in [6, 6.07) is 19.0. The summed E-state index contributed by atoms with van der Waals surface area (Å²) in [6.07, 6.45) is 17.0. The van der Waals surface area contributed by atoms with Gasteiger partial charge in [0.1, 0.15) is 24.6 Å². The van der Waals surface area contributed by atoms with E-state index in [9.17, 15) is 4.79 Å². The van der Waals surface area contributed by atoms with Crippen LogP contribution in [0.5, 0.6) is 5.75 Å². The number of halogens is 1. The first-order chi connectivity index (χ1) is 21.7. The summed E-state index contributed by atoms with van der Waals surface area (Å²) < 4.78 is 20.2. The lowest BCUT2D eigenvalue weighted by molar-refractivity contribution is -0.597. The SMILES string of the molecule is CCCCCCCCCCCCC(COc1ccc([I+]c2ccccc2)cc1)OC(=O)NCC1(C)CC(OC#N)CC(C)(C)C1. The molecule has 0 bridgehead atoms. The topological polar surface area (TPSA) is 80.6 Å². The molecule has 1 fully saturated rings. The Labute approximate surface area is 283 Å². The average molecular weight is 732 g/mol. The molecule has 3 unspecified atom stereocenters. The average Bonchev–Trinajstić information content (AvgIpc) is 3.00. The molecule has 1 aliphatic rings. The van der Waals surface area contributed by atoms with Gasteiger partial charge in [-0.05, 0) is 79.3 Å². The van der Waals surface area contributed by atoms with E-state index in [1.54, 1.807) is 0 Å². The zero-order valence-electron chi connectivity index (χ0n) is 28.1. The molecule has 45 heavy (non-hydrogen) atoms. The number of unbranched alkanes of at least 4 members (excludes halogenated alkanes) is 9. The number of carbonyl (C=O) groups excluding carboxylic acids is 1. The summed E-state index contributed by atoms with van der Waals surface area (Å²) >= 11 is -0.222. The molecule has 7 heteroatoms. The van der Waals surface area contributed by atoms with Crippen molar-refractivity contribution in [3.63, 3.8) is 0 Å². The van der Waals surface area contributed by atoms with Gasteiger partial charge in [-0.15, -0.1) is 0 Å². The standard InChI is InChI=1S/C38H55IN2O4/c1-5-6-7-8-9-10-11-12-13-17-20-34(27-43-33-23-21-32(22-24-33)39-31-18-15-14-16-19-31)45-36(42)41-29-38(4)26-35(44-30-40)25-37(2,3)28-38/h14-16,18-19,21-24,34-35H,5-13,17,20,25-29H2,1-4H3/p+1. The van der Waals surface area contributed by atoms with Crippen LogP contribution in [-0.2, 0) is 9.47 Å². The van der Waals surface area contributed by atoms with Crippen molar-refractivity contribution in [2.75, 3.05) is 13.2 Å². The van der Waals surface area contributed by atoms with Crippen molar-refractivity contribution in [2.45, 2.75) is 130 Å². The third-order valence-corrected chi connectivity index (χ3v) is 11.3. The van der Waals surface area contributed by atoms with Gasteiger partial charge in [0, 0.05) is 6.54 Å². The number of amides is 1. The van der Waals surface area contributed by atoms with Crippen molar-refractivity contribution in [1.29, 1.82) is 5.26 Å². The highest BCUT2D eigenvalue weighted by Gasteiger charge is 2.42. The zero-order valence-corrected chi connectivity index (χ0v) is 30.3. The lowest BCUT2D eigenvalue weighted by atomic mass is 9.63. The number of nitriles is 1. The van der Waals surface area contributed by atoms with Crippen LogP contribution in [0.4, 0.5) is 4.79 Å². The first kappa shape index (κ1) is 37.0. The number of benzene rings is 2. The Hall–Kier alpha value is -2.47. The molecule has 0 heterocycles. The van der Waals surface area contributed by atoms with E-state index in [0.717, 1.165) is 44.3 Å². The van der Waals surface area contributed by atoms with Gasteiger partial charge in [-0.2, -0.15) is 5.26 Å². The Morgan fingerprint density at radius 1 is 0.911 bits per heavy atom. The van der Waals surface area contributed by atoms with E-state index in [4.69, 9.17) is 19.5 Å². The summed E-state index contributed by atoms with van der Waals surface area (Å²) in [5, 5.41) is 12.1. The Morgan fingerprint density at radius 2 is 1.53 bits per heavy atom. The fourth-order valence-electron chi connectivity index (χ4n) is 6.73. The maximum atomic E-state index is 13.0. The van der Waals surface area contributed by atoms with Gasteiger partial charge in [0.2, 0.25) is 0 Å². The highest BCUT2D eigenvalue weighted by molar-refractivity contribution is 5.67. The second-order valence-corrected chi connectivity index (χ2v) is 16.9. The summed E-state index contributed by atoms with van der Waals surface area (Å²) in [7, 11) is 0. The number of ether oxygens (including phenoxy) is 3. The molecule has 3 atom stereocenters. The molecule has 0 spiro atoms. The molecule has 1 amide bonds. The fourth-order valence-corrected chi connectivity index (χ4v) is 8.94. The molecule has 0 aromatic heterocycles. The van der Waals surface area contributed by atoms with Crippen molar-refractivity contribution >= 4 is 6.09 Å². The van der Waals surface area contributed by atoms with Gasteiger partial charge < -0.3 is 19.5 Å². The first-order valence-electron chi connectivity index (χ1n) is 17.1. The van der Waals surface area contributed by atoms with Gasteiger partial charge in [0.15, 0.2) is 7.14 Å². The molecule has 3 rings (SSSR count). The van der Waals surface area contributed by atoms with E-state index in [1.807, 2.05) is 18.4 Å². The molecular formula is C38H56IN2O4+. The molecule has 0 aliphatic heterocycles. The van der Waals surface area contributed by atoms with Crippen LogP contribution in [0, 0.1) is 29.5 Å². The van der Waals surface area contributed by atoms with Gasteiger partial charge in [0.25, 0.3) is 6.26 Å². The van der Waals surface area contributed by atoms with Crippen LogP contribution < -0.4 is 31.3 Å². The zero-order chi connectivity index (χ0) is 32.4. The normalized spacial score (nSPS) is 19.7. The first-order valence-corrected chi connectivity index (χ1v) is 19.3. The van der Waals surface area contributed by atoms with E-state index >= 15 is 0 Å². The van der Waals surface area contributed by atoms with Crippen molar-refractivity contribution < 1.29 is 40.2 Å². The van der Waals surface area contributed by atoms with Crippen LogP contribution in [0.2, 0.25) is 0 Å². The Kier molecular flexibility index (Phi) is 16.4. The van der Waals surface area contributed by atoms with Crippen LogP contribution in [0.3, 0.4) is 0 Å². The van der Waals surface area contributed by atoms with Gasteiger partial charge >= 0.3 is 27.3 Å². The van der Waals surface area contributed by atoms with Gasteiger partial charge in [-0.1, -0.05) is 104 Å². The van der Waals surface area contributed by atoms with Crippen LogP contribution >= 0.6 is 0 Å². The Bertz CT molecular complexity index is 1150. The highest BCUT2D eigenvalue weighted by Crippen LogP contribution is 2.46. The number of hydrogen-bond acceptors (Lipinski definition) is 5. The highest BCUT2D eigenvalue weighted by atomic mass is 127. The van der Waals surface area contributed by atoms with E-state index in [2.05, 4.69) is 75.5 Å². The van der Waals surface area contributed by atoms with Gasteiger partial charge in [0.05, 0.1) is 0 Å². The number of nitrogens with one attached hydrogen (secondary N) is 1. The number of rotatable bonds is 20. The number of alkyl carbamates (subject to hydrolysis) is 1. The molecule has 1 saturated carbocycles. The van der Waals surface area contributed by atoms with E-state index < -0.39 is 6.09 Å². The smallest absolute Gasteiger partial charge is 0.407 e. The Balaban J connectivity index is 1.49. The van der Waals surface area contributed by atoms with Crippen LogP contribution in [0.1, 0.15) is 118 Å². The Morgan fingerprint density at radius 3 is 2.18 bits per heavy atom. The van der Waals surface area contributed by atoms with E-state index in [1.165, 1.54) is 58.5 Å². The summed E-state index contributed by atoms with van der Waals surface area (Å²) in [6.45, 7) is 9.64. The molecule has 248 valence electrons. The minimum atomic E-state index is -0.402. The molecular weight excluding hydrogens is 675 g/mol. The maximum absolute atomic E-state index is 13.0. The predicted molar refractivity (Wildman–Crippen MR) is 177 cm³/mol. The monoisotopic (exact) mass is 731 g/mol. The fraction of sp³-hybridized carbons (Fsp3) is 0.632. The third-order valence-electron chi connectivity index (χ3n) is 8.64. The lowest BCUT2D eigenvalue weighted by Gasteiger charge is -2.45. The summed E-state index contributed by atoms with van der Waals surface area (Å²) in [5.41, 5.74) is -0.139. The molecule has 6 nitrogen and oxygen atoms in total. The van der Waals surface area contributed by atoms with Crippen molar-refractivity contribution in [1.82, 2.24) is 5.32 Å². The molecule has 2 aromatic rings. The molecule has 1 aliphatic carbocycles. The third kappa shape index (κ3) is 15.1. The molecule has 0 radical (unpaired) electrons. The quantitative estimate of drug-likeness (QED) is 0.0935. The molecule has 1 N–H and O–H groups in total. The molecule has 0 saturated heterocycles. The van der Waals surface area contributed by atoms with Gasteiger partial charge in [-0.25, -0.2) is 4.79 Å². The largest absolute Gasteiger partial charge is 0.490 e. The second-order valence-electron chi connectivity index (χ2n) is 13.9. The summed E-state index contributed by atoms with van der Waals surface area (Å²) in [4.78, 5) is 13.0. The predicted octanol–water partition coefficient (Wildman–Crippen LogP) is 6.68. The maximum Gasteiger partial charge on any atom is 0.407 e. The van der Waals surface area contributed by atoms with Crippen LogP contribution in [0.25, 0.3) is 0 Å². The number of nitrogens with zero attached hydrogens (tertiary/aromatic N) is 1. The number of hydrogen-bond donors (Lipinski definition) is 1. The minimum Gasteiger partial charge on any atom is -0.490 e. The number of carbonyl (C=O) groups is 1. The second kappa shape index (κ2) is 19.9.